The van der Waals surface area contributed by atoms with Crippen molar-refractivity contribution in [2.24, 2.45) is 0 Å². The molecule has 128 valence electrons. The second-order valence-electron chi connectivity index (χ2n) is 5.84. The number of benzene rings is 3. The third kappa shape index (κ3) is 3.04. The number of carbonyl (C=O) groups excluding carboxylic acids is 1. The molecule has 1 heterocycles. The zero-order chi connectivity index (χ0) is 17.9. The topological polar surface area (TPSA) is 59.8 Å². The molecule has 0 aliphatic heterocycles. The van der Waals surface area contributed by atoms with Crippen LogP contribution in [-0.4, -0.2) is 20.9 Å². The van der Waals surface area contributed by atoms with Gasteiger partial charge in [0.2, 0.25) is 0 Å². The maximum Gasteiger partial charge on any atom is 0.255 e. The van der Waals surface area contributed by atoms with Gasteiger partial charge in [0, 0.05) is 5.56 Å². The Kier molecular flexibility index (Phi) is 4.15. The van der Waals surface area contributed by atoms with Crippen LogP contribution < -0.4 is 5.32 Å². The monoisotopic (exact) mass is 346 g/mol. The molecule has 4 aromatic rings. The van der Waals surface area contributed by atoms with E-state index in [0.717, 1.165) is 5.56 Å². The number of aromatic nitrogens is 3. The number of carbonyl (C=O) groups is 1. The molecule has 0 aliphatic rings. The van der Waals surface area contributed by atoms with Crippen LogP contribution in [0.25, 0.3) is 11.0 Å². The minimum absolute atomic E-state index is 0.264. The predicted octanol–water partition coefficient (Wildman–Crippen LogP) is 3.87. The average Bonchev–Trinajstić information content (AvgIpc) is 3.10. The van der Waals surface area contributed by atoms with E-state index < -0.39 is 5.82 Å². The van der Waals surface area contributed by atoms with Crippen LogP contribution in [0, 0.1) is 5.82 Å². The van der Waals surface area contributed by atoms with E-state index >= 15 is 0 Å². The van der Waals surface area contributed by atoms with Crippen molar-refractivity contribution < 1.29 is 9.18 Å². The standard InChI is InChI=1S/C20H15FN4O/c21-16-11-12-17(22-20(26)15-9-5-2-6-10-15)18-19(16)25(24-23-18)13-14-7-3-1-4-8-14/h1-12H,13H2,(H,22,26). The van der Waals surface area contributed by atoms with Gasteiger partial charge in [-0.2, -0.15) is 0 Å². The van der Waals surface area contributed by atoms with Gasteiger partial charge in [-0.25, -0.2) is 9.07 Å². The average molecular weight is 346 g/mol. The van der Waals surface area contributed by atoms with Crippen molar-refractivity contribution in [3.8, 4) is 0 Å². The van der Waals surface area contributed by atoms with Crippen LogP contribution in [0.2, 0.25) is 0 Å². The molecule has 0 atom stereocenters. The van der Waals surface area contributed by atoms with E-state index in [0.29, 0.717) is 23.3 Å². The molecule has 0 radical (unpaired) electrons. The SMILES string of the molecule is O=C(Nc1ccc(F)c2c1nnn2Cc1ccccc1)c1ccccc1. The normalized spacial score (nSPS) is 10.8. The maximum atomic E-state index is 14.4. The lowest BCUT2D eigenvalue weighted by atomic mass is 10.2. The molecule has 1 amide bonds. The zero-order valence-corrected chi connectivity index (χ0v) is 13.8. The van der Waals surface area contributed by atoms with Crippen LogP contribution in [0.15, 0.2) is 72.8 Å². The summed E-state index contributed by atoms with van der Waals surface area (Å²) in [6.07, 6.45) is 0. The highest BCUT2D eigenvalue weighted by atomic mass is 19.1. The van der Waals surface area contributed by atoms with Gasteiger partial charge in [-0.15, -0.1) is 5.10 Å². The summed E-state index contributed by atoms with van der Waals surface area (Å²) in [7, 11) is 0. The number of fused-ring (bicyclic) bond motifs is 1. The lowest BCUT2D eigenvalue weighted by Crippen LogP contribution is -2.12. The highest BCUT2D eigenvalue weighted by Crippen LogP contribution is 2.25. The van der Waals surface area contributed by atoms with Gasteiger partial charge in [-0.05, 0) is 29.8 Å². The lowest BCUT2D eigenvalue weighted by molar-refractivity contribution is 0.102. The van der Waals surface area contributed by atoms with E-state index in [2.05, 4.69) is 15.6 Å². The molecule has 0 bridgehead atoms. The van der Waals surface area contributed by atoms with Crippen molar-refractivity contribution in [2.45, 2.75) is 6.54 Å². The molecule has 0 saturated heterocycles. The molecule has 0 spiro atoms. The molecule has 0 aliphatic carbocycles. The fourth-order valence-corrected chi connectivity index (χ4v) is 2.80. The minimum Gasteiger partial charge on any atom is -0.320 e. The van der Waals surface area contributed by atoms with Crippen molar-refractivity contribution in [3.63, 3.8) is 0 Å². The van der Waals surface area contributed by atoms with Crippen LogP contribution in [0.4, 0.5) is 10.1 Å². The van der Waals surface area contributed by atoms with Crippen molar-refractivity contribution in [1.82, 2.24) is 15.0 Å². The lowest BCUT2D eigenvalue weighted by Gasteiger charge is -2.07. The summed E-state index contributed by atoms with van der Waals surface area (Å²) in [6, 6.07) is 21.3. The Morgan fingerprint density at radius 2 is 1.65 bits per heavy atom. The van der Waals surface area contributed by atoms with Gasteiger partial charge >= 0.3 is 0 Å². The number of nitrogens with one attached hydrogen (secondary N) is 1. The van der Waals surface area contributed by atoms with Gasteiger partial charge in [0.25, 0.3) is 5.91 Å². The molecule has 5 nitrogen and oxygen atoms in total. The predicted molar refractivity (Wildman–Crippen MR) is 97.4 cm³/mol. The number of amides is 1. The fourth-order valence-electron chi connectivity index (χ4n) is 2.80. The zero-order valence-electron chi connectivity index (χ0n) is 13.8. The Morgan fingerprint density at radius 1 is 0.962 bits per heavy atom. The highest BCUT2D eigenvalue weighted by Gasteiger charge is 2.16. The Morgan fingerprint density at radius 3 is 2.38 bits per heavy atom. The van der Waals surface area contributed by atoms with Crippen LogP contribution in [0.1, 0.15) is 15.9 Å². The van der Waals surface area contributed by atoms with Crippen LogP contribution in [-0.2, 0) is 6.54 Å². The van der Waals surface area contributed by atoms with Gasteiger partial charge < -0.3 is 5.32 Å². The van der Waals surface area contributed by atoms with Gasteiger partial charge in [-0.3, -0.25) is 4.79 Å². The van der Waals surface area contributed by atoms with Crippen molar-refractivity contribution >= 4 is 22.6 Å². The van der Waals surface area contributed by atoms with Gasteiger partial charge in [0.05, 0.1) is 12.2 Å². The second kappa shape index (κ2) is 6.76. The smallest absolute Gasteiger partial charge is 0.255 e. The molecule has 3 aromatic carbocycles. The molecule has 0 unspecified atom stereocenters. The summed E-state index contributed by atoms with van der Waals surface area (Å²) in [6.45, 7) is 0.393. The number of anilines is 1. The summed E-state index contributed by atoms with van der Waals surface area (Å²) in [5.74, 6) is -0.713. The van der Waals surface area contributed by atoms with Gasteiger partial charge in [-0.1, -0.05) is 53.7 Å². The quantitative estimate of drug-likeness (QED) is 0.610. The highest BCUT2D eigenvalue weighted by molar-refractivity contribution is 6.07. The van der Waals surface area contributed by atoms with Crippen molar-refractivity contribution in [1.29, 1.82) is 0 Å². The second-order valence-corrected chi connectivity index (χ2v) is 5.84. The van der Waals surface area contributed by atoms with E-state index in [1.54, 1.807) is 24.3 Å². The largest absolute Gasteiger partial charge is 0.320 e. The molecule has 0 saturated carbocycles. The Balaban J connectivity index is 1.69. The van der Waals surface area contributed by atoms with E-state index in [-0.39, 0.29) is 11.4 Å². The molecule has 4 rings (SSSR count). The number of rotatable bonds is 4. The van der Waals surface area contributed by atoms with E-state index in [1.165, 1.54) is 16.8 Å². The van der Waals surface area contributed by atoms with Gasteiger partial charge in [0.1, 0.15) is 11.0 Å². The summed E-state index contributed by atoms with van der Waals surface area (Å²) < 4.78 is 15.9. The molecular weight excluding hydrogens is 331 g/mol. The Hall–Kier alpha value is -3.54. The number of halogens is 1. The van der Waals surface area contributed by atoms with Crippen molar-refractivity contribution in [3.05, 3.63) is 89.7 Å². The minimum atomic E-state index is -0.432. The molecule has 1 N–H and O–H groups in total. The summed E-state index contributed by atoms with van der Waals surface area (Å²) in [5.41, 5.74) is 2.51. The van der Waals surface area contributed by atoms with E-state index in [4.69, 9.17) is 0 Å². The first-order chi connectivity index (χ1) is 12.7. The molecule has 26 heavy (non-hydrogen) atoms. The first-order valence-electron chi connectivity index (χ1n) is 8.14. The maximum absolute atomic E-state index is 14.4. The number of hydrogen-bond donors (Lipinski definition) is 1. The summed E-state index contributed by atoms with van der Waals surface area (Å²) in [5, 5.41) is 10.9. The summed E-state index contributed by atoms with van der Waals surface area (Å²) in [4.78, 5) is 12.4. The Bertz CT molecular complexity index is 1060. The molecule has 6 heteroatoms. The van der Waals surface area contributed by atoms with Crippen molar-refractivity contribution in [2.75, 3.05) is 5.32 Å². The molecular formula is C20H15FN4O. The van der Waals surface area contributed by atoms with Gasteiger partial charge in [0.15, 0.2) is 5.82 Å². The van der Waals surface area contributed by atoms with Crippen LogP contribution in [0.5, 0.6) is 0 Å². The number of nitrogens with zero attached hydrogens (tertiary/aromatic N) is 3. The Labute approximate surface area is 149 Å². The molecule has 1 aromatic heterocycles. The summed E-state index contributed by atoms with van der Waals surface area (Å²) >= 11 is 0. The first-order valence-corrected chi connectivity index (χ1v) is 8.14. The van der Waals surface area contributed by atoms with E-state index in [1.807, 2.05) is 36.4 Å². The van der Waals surface area contributed by atoms with Crippen LogP contribution in [0.3, 0.4) is 0 Å². The van der Waals surface area contributed by atoms with E-state index in [9.17, 15) is 9.18 Å². The number of hydrogen-bond acceptors (Lipinski definition) is 3. The fraction of sp³-hybridized carbons (Fsp3) is 0.0500. The third-order valence-corrected chi connectivity index (χ3v) is 4.07. The van der Waals surface area contributed by atoms with Crippen LogP contribution >= 0.6 is 0 Å². The first kappa shape index (κ1) is 16.0. The third-order valence-electron chi connectivity index (χ3n) is 4.07. The molecule has 0 fully saturated rings.